The predicted octanol–water partition coefficient (Wildman–Crippen LogP) is 3.08. The van der Waals surface area contributed by atoms with E-state index in [-0.39, 0.29) is 5.82 Å². The summed E-state index contributed by atoms with van der Waals surface area (Å²) in [6.45, 7) is 1.30. The second-order valence-corrected chi connectivity index (χ2v) is 4.77. The van der Waals surface area contributed by atoms with Crippen molar-refractivity contribution < 1.29 is 4.39 Å². The number of aromatic nitrogens is 3. The summed E-state index contributed by atoms with van der Waals surface area (Å²) in [6.07, 6.45) is 3.21. The Morgan fingerprint density at radius 2 is 1.90 bits per heavy atom. The van der Waals surface area contributed by atoms with Crippen molar-refractivity contribution in [3.8, 4) is 0 Å². The van der Waals surface area contributed by atoms with Gasteiger partial charge in [-0.05, 0) is 35.4 Å². The van der Waals surface area contributed by atoms with E-state index in [1.165, 1.54) is 18.5 Å². The lowest BCUT2D eigenvalue weighted by Gasteiger charge is -2.08. The van der Waals surface area contributed by atoms with Crippen LogP contribution in [0.5, 0.6) is 0 Å². The Hall–Kier alpha value is -2.69. The molecule has 0 amide bonds. The van der Waals surface area contributed by atoms with Crippen LogP contribution in [0.4, 0.5) is 10.1 Å². The number of nitrogens with one attached hydrogen (secondary N) is 1. The van der Waals surface area contributed by atoms with Crippen LogP contribution in [0.2, 0.25) is 0 Å². The average Bonchev–Trinajstić information content (AvgIpc) is 3.00. The van der Waals surface area contributed by atoms with Gasteiger partial charge < -0.3 is 5.32 Å². The zero-order valence-corrected chi connectivity index (χ0v) is 11.4. The SMILES string of the molecule is Fc1cccc(CNc2ccc(Cn3cncn3)cc2)c1. The molecule has 106 valence electrons. The summed E-state index contributed by atoms with van der Waals surface area (Å²) < 4.78 is 14.9. The summed E-state index contributed by atoms with van der Waals surface area (Å²) in [5.74, 6) is -0.211. The lowest BCUT2D eigenvalue weighted by Crippen LogP contribution is -2.02. The Bertz CT molecular complexity index is 693. The number of hydrogen-bond acceptors (Lipinski definition) is 3. The quantitative estimate of drug-likeness (QED) is 0.782. The Labute approximate surface area is 122 Å². The van der Waals surface area contributed by atoms with E-state index >= 15 is 0 Å². The Morgan fingerprint density at radius 1 is 1.05 bits per heavy atom. The molecule has 0 fully saturated rings. The Kier molecular flexibility index (Phi) is 3.91. The molecule has 2 aromatic carbocycles. The molecule has 3 rings (SSSR count). The maximum Gasteiger partial charge on any atom is 0.137 e. The number of nitrogens with zero attached hydrogens (tertiary/aromatic N) is 3. The Balaban J connectivity index is 1.59. The first-order chi connectivity index (χ1) is 10.3. The van der Waals surface area contributed by atoms with Gasteiger partial charge in [-0.15, -0.1) is 0 Å². The van der Waals surface area contributed by atoms with Gasteiger partial charge in [0.2, 0.25) is 0 Å². The first-order valence-corrected chi connectivity index (χ1v) is 6.69. The van der Waals surface area contributed by atoms with Crippen LogP contribution < -0.4 is 5.32 Å². The number of anilines is 1. The molecule has 0 unspecified atom stereocenters. The number of halogens is 1. The molecule has 5 heteroatoms. The van der Waals surface area contributed by atoms with Gasteiger partial charge in [0.15, 0.2) is 0 Å². The van der Waals surface area contributed by atoms with E-state index in [0.717, 1.165) is 16.8 Å². The molecule has 0 spiro atoms. The van der Waals surface area contributed by atoms with Crippen LogP contribution >= 0.6 is 0 Å². The highest BCUT2D eigenvalue weighted by molar-refractivity contribution is 5.45. The third kappa shape index (κ3) is 3.66. The molecule has 0 bridgehead atoms. The first-order valence-electron chi connectivity index (χ1n) is 6.69. The summed E-state index contributed by atoms with van der Waals surface area (Å²) >= 11 is 0. The highest BCUT2D eigenvalue weighted by Crippen LogP contribution is 2.12. The minimum atomic E-state index is -0.211. The van der Waals surface area contributed by atoms with Crippen molar-refractivity contribution in [2.75, 3.05) is 5.32 Å². The maximum atomic E-state index is 13.1. The molecule has 0 atom stereocenters. The van der Waals surface area contributed by atoms with E-state index in [2.05, 4.69) is 15.4 Å². The fraction of sp³-hybridized carbons (Fsp3) is 0.125. The minimum Gasteiger partial charge on any atom is -0.381 e. The third-order valence-electron chi connectivity index (χ3n) is 3.15. The minimum absolute atomic E-state index is 0.211. The van der Waals surface area contributed by atoms with Crippen molar-refractivity contribution in [2.24, 2.45) is 0 Å². The van der Waals surface area contributed by atoms with Gasteiger partial charge in [-0.1, -0.05) is 24.3 Å². The Morgan fingerprint density at radius 3 is 2.62 bits per heavy atom. The molecule has 0 saturated carbocycles. The van der Waals surface area contributed by atoms with Crippen molar-refractivity contribution in [3.05, 3.63) is 78.1 Å². The van der Waals surface area contributed by atoms with Gasteiger partial charge in [0, 0.05) is 12.2 Å². The van der Waals surface area contributed by atoms with E-state index < -0.39 is 0 Å². The molecule has 0 radical (unpaired) electrons. The standard InChI is InChI=1S/C16H15FN4/c17-15-3-1-2-14(8-15)9-19-16-6-4-13(5-7-16)10-21-12-18-11-20-21/h1-8,11-12,19H,9-10H2. The third-order valence-corrected chi connectivity index (χ3v) is 3.15. The van der Waals surface area contributed by atoms with Crippen molar-refractivity contribution >= 4 is 5.69 Å². The van der Waals surface area contributed by atoms with Gasteiger partial charge in [-0.2, -0.15) is 5.10 Å². The second-order valence-electron chi connectivity index (χ2n) is 4.77. The highest BCUT2D eigenvalue weighted by atomic mass is 19.1. The molecule has 4 nitrogen and oxygen atoms in total. The first kappa shape index (κ1) is 13.3. The molecule has 1 heterocycles. The molecule has 0 aliphatic carbocycles. The molecule has 1 N–H and O–H groups in total. The molecule has 1 aromatic heterocycles. The molecular weight excluding hydrogens is 267 g/mol. The van der Waals surface area contributed by atoms with Crippen LogP contribution in [-0.4, -0.2) is 14.8 Å². The summed E-state index contributed by atoms with van der Waals surface area (Å²) in [6, 6.07) is 14.7. The van der Waals surface area contributed by atoms with Crippen LogP contribution in [0, 0.1) is 5.82 Å². The van der Waals surface area contributed by atoms with Crippen LogP contribution in [-0.2, 0) is 13.1 Å². The molecule has 0 aliphatic heterocycles. The summed E-state index contributed by atoms with van der Waals surface area (Å²) in [4.78, 5) is 3.91. The van der Waals surface area contributed by atoms with Gasteiger partial charge in [0.25, 0.3) is 0 Å². The van der Waals surface area contributed by atoms with E-state index in [4.69, 9.17) is 0 Å². The fourth-order valence-corrected chi connectivity index (χ4v) is 2.08. The lowest BCUT2D eigenvalue weighted by molar-refractivity contribution is 0.626. The monoisotopic (exact) mass is 282 g/mol. The molecule has 21 heavy (non-hydrogen) atoms. The van der Waals surface area contributed by atoms with Crippen LogP contribution in [0.1, 0.15) is 11.1 Å². The van der Waals surface area contributed by atoms with Crippen molar-refractivity contribution in [2.45, 2.75) is 13.1 Å². The molecule has 0 saturated heterocycles. The van der Waals surface area contributed by atoms with Crippen LogP contribution in [0.25, 0.3) is 0 Å². The summed E-state index contributed by atoms with van der Waals surface area (Å²) in [7, 11) is 0. The van der Waals surface area contributed by atoms with Gasteiger partial charge in [0.1, 0.15) is 18.5 Å². The maximum absolute atomic E-state index is 13.1. The zero-order valence-electron chi connectivity index (χ0n) is 11.4. The van der Waals surface area contributed by atoms with Gasteiger partial charge in [-0.25, -0.2) is 14.1 Å². The zero-order chi connectivity index (χ0) is 14.5. The van der Waals surface area contributed by atoms with Gasteiger partial charge >= 0.3 is 0 Å². The van der Waals surface area contributed by atoms with E-state index in [1.54, 1.807) is 17.1 Å². The fourth-order valence-electron chi connectivity index (χ4n) is 2.08. The molecule has 3 aromatic rings. The van der Waals surface area contributed by atoms with E-state index in [9.17, 15) is 4.39 Å². The van der Waals surface area contributed by atoms with Crippen LogP contribution in [0.15, 0.2) is 61.2 Å². The summed E-state index contributed by atoms with van der Waals surface area (Å²) in [5, 5.41) is 7.35. The van der Waals surface area contributed by atoms with Crippen molar-refractivity contribution in [1.29, 1.82) is 0 Å². The van der Waals surface area contributed by atoms with E-state index in [1.807, 2.05) is 30.3 Å². The van der Waals surface area contributed by atoms with Gasteiger partial charge in [0.05, 0.1) is 6.54 Å². The van der Waals surface area contributed by atoms with Crippen molar-refractivity contribution in [3.63, 3.8) is 0 Å². The summed E-state index contributed by atoms with van der Waals surface area (Å²) in [5.41, 5.74) is 3.07. The number of hydrogen-bond donors (Lipinski definition) is 1. The van der Waals surface area contributed by atoms with Crippen LogP contribution in [0.3, 0.4) is 0 Å². The predicted molar refractivity (Wildman–Crippen MR) is 79.3 cm³/mol. The average molecular weight is 282 g/mol. The number of rotatable bonds is 5. The number of benzene rings is 2. The van der Waals surface area contributed by atoms with Gasteiger partial charge in [-0.3, -0.25) is 0 Å². The van der Waals surface area contributed by atoms with E-state index in [0.29, 0.717) is 13.1 Å². The largest absolute Gasteiger partial charge is 0.381 e. The van der Waals surface area contributed by atoms with Crippen molar-refractivity contribution in [1.82, 2.24) is 14.8 Å². The smallest absolute Gasteiger partial charge is 0.137 e. The highest BCUT2D eigenvalue weighted by Gasteiger charge is 1.98. The molecular formula is C16H15FN4. The lowest BCUT2D eigenvalue weighted by atomic mass is 10.2. The second kappa shape index (κ2) is 6.17. The topological polar surface area (TPSA) is 42.7 Å². The molecule has 0 aliphatic rings. The normalized spacial score (nSPS) is 10.5.